The quantitative estimate of drug-likeness (QED) is 0.797. The highest BCUT2D eigenvalue weighted by molar-refractivity contribution is 7.13. The standard InChI is InChI=1S/C14H10N2O3S/c1-8-6-7-20-11(8)13-16-15-12(19-13)9-4-2-3-5-10(9)14(17)18/h2-7H,1H3,(H,17,18). The van der Waals surface area contributed by atoms with Gasteiger partial charge in [-0.15, -0.1) is 21.5 Å². The first-order chi connectivity index (χ1) is 9.66. The number of carbonyl (C=O) groups is 1. The molecular weight excluding hydrogens is 276 g/mol. The summed E-state index contributed by atoms with van der Waals surface area (Å²) in [4.78, 5) is 12.1. The fourth-order valence-corrected chi connectivity index (χ4v) is 2.72. The van der Waals surface area contributed by atoms with E-state index in [2.05, 4.69) is 10.2 Å². The van der Waals surface area contributed by atoms with Gasteiger partial charge in [0.05, 0.1) is 16.0 Å². The lowest BCUT2D eigenvalue weighted by atomic mass is 10.1. The molecular formula is C14H10N2O3S. The molecule has 3 rings (SSSR count). The highest BCUT2D eigenvalue weighted by Gasteiger charge is 2.18. The van der Waals surface area contributed by atoms with Crippen LogP contribution in [0.5, 0.6) is 0 Å². The van der Waals surface area contributed by atoms with E-state index in [0.717, 1.165) is 10.4 Å². The molecule has 0 bridgehead atoms. The average molecular weight is 286 g/mol. The number of aryl methyl sites for hydroxylation is 1. The van der Waals surface area contributed by atoms with Gasteiger partial charge in [0.25, 0.3) is 5.89 Å². The number of aromatic nitrogens is 2. The molecule has 3 aromatic rings. The van der Waals surface area contributed by atoms with Gasteiger partial charge in [0.15, 0.2) is 0 Å². The predicted octanol–water partition coefficient (Wildman–Crippen LogP) is 3.47. The van der Waals surface area contributed by atoms with E-state index in [4.69, 9.17) is 4.42 Å². The van der Waals surface area contributed by atoms with Crippen molar-refractivity contribution in [1.82, 2.24) is 10.2 Å². The third-order valence-corrected chi connectivity index (χ3v) is 3.87. The number of hydrogen-bond donors (Lipinski definition) is 1. The topological polar surface area (TPSA) is 76.2 Å². The fraction of sp³-hybridized carbons (Fsp3) is 0.0714. The molecule has 2 aromatic heterocycles. The van der Waals surface area contributed by atoms with Gasteiger partial charge in [0.1, 0.15) is 0 Å². The number of nitrogens with zero attached hydrogens (tertiary/aromatic N) is 2. The second kappa shape index (κ2) is 4.90. The van der Waals surface area contributed by atoms with Crippen LogP contribution in [0.25, 0.3) is 22.2 Å². The van der Waals surface area contributed by atoms with Gasteiger partial charge in [-0.25, -0.2) is 4.79 Å². The molecule has 100 valence electrons. The monoisotopic (exact) mass is 286 g/mol. The Kier molecular flexibility index (Phi) is 3.08. The van der Waals surface area contributed by atoms with Crippen LogP contribution >= 0.6 is 11.3 Å². The largest absolute Gasteiger partial charge is 0.478 e. The summed E-state index contributed by atoms with van der Waals surface area (Å²) in [6.07, 6.45) is 0. The third-order valence-electron chi connectivity index (χ3n) is 2.87. The zero-order chi connectivity index (χ0) is 14.1. The lowest BCUT2D eigenvalue weighted by molar-refractivity contribution is 0.0697. The summed E-state index contributed by atoms with van der Waals surface area (Å²) in [5.74, 6) is -0.397. The molecule has 0 amide bonds. The molecule has 0 fully saturated rings. The van der Waals surface area contributed by atoms with Gasteiger partial charge in [-0.1, -0.05) is 12.1 Å². The Bertz CT molecular complexity index is 776. The first-order valence-electron chi connectivity index (χ1n) is 5.87. The molecule has 1 aromatic carbocycles. The van der Waals surface area contributed by atoms with Gasteiger partial charge in [-0.2, -0.15) is 0 Å². The van der Waals surface area contributed by atoms with Crippen molar-refractivity contribution in [3.8, 4) is 22.2 Å². The minimum atomic E-state index is -1.02. The molecule has 0 unspecified atom stereocenters. The number of carboxylic acids is 1. The molecule has 2 heterocycles. The highest BCUT2D eigenvalue weighted by Crippen LogP contribution is 2.31. The van der Waals surface area contributed by atoms with Crippen LogP contribution < -0.4 is 0 Å². The van der Waals surface area contributed by atoms with Gasteiger partial charge in [-0.3, -0.25) is 0 Å². The molecule has 0 saturated carbocycles. The molecule has 0 aliphatic rings. The van der Waals surface area contributed by atoms with Crippen LogP contribution in [-0.2, 0) is 0 Å². The second-order valence-corrected chi connectivity index (χ2v) is 5.11. The lowest BCUT2D eigenvalue weighted by Crippen LogP contribution is -1.98. The fourth-order valence-electron chi connectivity index (χ4n) is 1.87. The van der Waals surface area contributed by atoms with Crippen LogP contribution in [0.2, 0.25) is 0 Å². The number of rotatable bonds is 3. The Balaban J connectivity index is 2.07. The number of benzene rings is 1. The van der Waals surface area contributed by atoms with Crippen LogP contribution in [0.15, 0.2) is 40.1 Å². The summed E-state index contributed by atoms with van der Waals surface area (Å²) in [7, 11) is 0. The van der Waals surface area contributed by atoms with Gasteiger partial charge < -0.3 is 9.52 Å². The third kappa shape index (κ3) is 2.10. The first-order valence-corrected chi connectivity index (χ1v) is 6.75. The maximum absolute atomic E-state index is 11.2. The van der Waals surface area contributed by atoms with Crippen molar-refractivity contribution in [1.29, 1.82) is 0 Å². The number of aromatic carboxylic acids is 1. The van der Waals surface area contributed by atoms with Crippen molar-refractivity contribution in [3.05, 3.63) is 46.8 Å². The van der Waals surface area contributed by atoms with E-state index in [0.29, 0.717) is 11.5 Å². The molecule has 1 N–H and O–H groups in total. The Morgan fingerprint density at radius 1 is 1.20 bits per heavy atom. The summed E-state index contributed by atoms with van der Waals surface area (Å²) in [6.45, 7) is 1.96. The Hall–Kier alpha value is -2.47. The van der Waals surface area contributed by atoms with Crippen LogP contribution in [0.1, 0.15) is 15.9 Å². The molecule has 5 nitrogen and oxygen atoms in total. The van der Waals surface area contributed by atoms with Gasteiger partial charge >= 0.3 is 5.97 Å². The van der Waals surface area contributed by atoms with Gasteiger partial charge in [0, 0.05) is 0 Å². The minimum Gasteiger partial charge on any atom is -0.478 e. The molecule has 6 heteroatoms. The highest BCUT2D eigenvalue weighted by atomic mass is 32.1. The number of carboxylic acid groups (broad SMARTS) is 1. The smallest absolute Gasteiger partial charge is 0.336 e. The SMILES string of the molecule is Cc1ccsc1-c1nnc(-c2ccccc2C(=O)O)o1. The maximum Gasteiger partial charge on any atom is 0.336 e. The van der Waals surface area contributed by atoms with E-state index in [1.54, 1.807) is 18.2 Å². The van der Waals surface area contributed by atoms with E-state index < -0.39 is 5.97 Å². The average Bonchev–Trinajstić information content (AvgIpc) is 3.07. The second-order valence-electron chi connectivity index (χ2n) is 4.20. The zero-order valence-corrected chi connectivity index (χ0v) is 11.3. The molecule has 0 aliphatic heterocycles. The Labute approximate surface area is 118 Å². The van der Waals surface area contributed by atoms with Crippen LogP contribution in [0.3, 0.4) is 0 Å². The summed E-state index contributed by atoms with van der Waals surface area (Å²) >= 11 is 1.51. The first kappa shape index (κ1) is 12.6. The predicted molar refractivity (Wildman–Crippen MR) is 74.7 cm³/mol. The summed E-state index contributed by atoms with van der Waals surface area (Å²) in [6, 6.07) is 8.53. The molecule has 0 saturated heterocycles. The normalized spacial score (nSPS) is 10.7. The van der Waals surface area contributed by atoms with Crippen LogP contribution in [0, 0.1) is 6.92 Å². The molecule has 20 heavy (non-hydrogen) atoms. The molecule has 0 atom stereocenters. The zero-order valence-electron chi connectivity index (χ0n) is 10.5. The number of thiophene rings is 1. The lowest BCUT2D eigenvalue weighted by Gasteiger charge is -2.00. The van der Waals surface area contributed by atoms with Crippen molar-refractivity contribution in [2.45, 2.75) is 6.92 Å². The van der Waals surface area contributed by atoms with Crippen LogP contribution in [0.4, 0.5) is 0 Å². The summed E-state index contributed by atoms with van der Waals surface area (Å²) in [5, 5.41) is 19.1. The molecule has 0 spiro atoms. The van der Waals surface area contributed by atoms with Gasteiger partial charge in [-0.05, 0) is 36.1 Å². The van der Waals surface area contributed by atoms with Crippen molar-refractivity contribution < 1.29 is 14.3 Å². The van der Waals surface area contributed by atoms with E-state index in [1.165, 1.54) is 17.4 Å². The van der Waals surface area contributed by atoms with E-state index in [1.807, 2.05) is 18.4 Å². The summed E-state index contributed by atoms with van der Waals surface area (Å²) in [5.41, 5.74) is 1.62. The summed E-state index contributed by atoms with van der Waals surface area (Å²) < 4.78 is 5.61. The molecule has 0 aliphatic carbocycles. The Morgan fingerprint density at radius 2 is 1.95 bits per heavy atom. The van der Waals surface area contributed by atoms with E-state index >= 15 is 0 Å². The van der Waals surface area contributed by atoms with Crippen molar-refractivity contribution in [2.24, 2.45) is 0 Å². The van der Waals surface area contributed by atoms with Crippen molar-refractivity contribution >= 4 is 17.3 Å². The van der Waals surface area contributed by atoms with Crippen molar-refractivity contribution in [3.63, 3.8) is 0 Å². The van der Waals surface area contributed by atoms with E-state index in [-0.39, 0.29) is 11.5 Å². The minimum absolute atomic E-state index is 0.144. The maximum atomic E-state index is 11.2. The Morgan fingerprint density at radius 3 is 2.65 bits per heavy atom. The van der Waals surface area contributed by atoms with Crippen molar-refractivity contribution in [2.75, 3.05) is 0 Å². The van der Waals surface area contributed by atoms with Gasteiger partial charge in [0.2, 0.25) is 5.89 Å². The number of hydrogen-bond acceptors (Lipinski definition) is 5. The molecule has 0 radical (unpaired) electrons. The van der Waals surface area contributed by atoms with E-state index in [9.17, 15) is 9.90 Å². The van der Waals surface area contributed by atoms with Crippen LogP contribution in [-0.4, -0.2) is 21.3 Å².